The number of ether oxygens (including phenoxy) is 1. The van der Waals surface area contributed by atoms with E-state index in [-0.39, 0.29) is 5.41 Å². The quantitative estimate of drug-likeness (QED) is 0.418. The summed E-state index contributed by atoms with van der Waals surface area (Å²) in [6.45, 7) is 13.8. The molecule has 0 atom stereocenters. The molecule has 2 aromatic carbocycles. The average Bonchev–Trinajstić information content (AvgIpc) is 2.63. The molecule has 0 spiro atoms. The minimum Gasteiger partial charge on any atom is -0.498 e. The molecule has 2 heteroatoms. The molecule has 2 aromatic rings. The van der Waals surface area contributed by atoms with Crippen molar-refractivity contribution in [1.29, 1.82) is 0 Å². The van der Waals surface area contributed by atoms with Gasteiger partial charge in [-0.25, -0.2) is 0 Å². The Balaban J connectivity index is 2.17. The van der Waals surface area contributed by atoms with E-state index in [1.54, 1.807) is 0 Å². The van der Waals surface area contributed by atoms with Gasteiger partial charge in [-0.2, -0.15) is 0 Å². The lowest BCUT2D eigenvalue weighted by molar-refractivity contribution is 0.149. The molecule has 0 aliphatic heterocycles. The monoisotopic (exact) mass is 355 g/mol. The third-order valence-electron chi connectivity index (χ3n) is 5.13. The fourth-order valence-electron chi connectivity index (χ4n) is 3.27. The van der Waals surface area contributed by atoms with Crippen LogP contribution in [0.3, 0.4) is 0 Å². The van der Waals surface area contributed by atoms with Gasteiger partial charge < -0.3 is 4.74 Å². The van der Waals surface area contributed by atoms with E-state index in [0.717, 1.165) is 12.2 Å². The van der Waals surface area contributed by atoms with Crippen LogP contribution in [0.4, 0.5) is 0 Å². The van der Waals surface area contributed by atoms with Gasteiger partial charge in [0.05, 0.1) is 43.1 Å². The molecule has 0 aliphatic rings. The fraction of sp³-hybridized carbons (Fsp3) is 0.391. The maximum absolute atomic E-state index is 5.67. The van der Waals surface area contributed by atoms with Gasteiger partial charge in [-0.15, -0.1) is 0 Å². The van der Waals surface area contributed by atoms with E-state index in [1.165, 1.54) is 23.2 Å². The summed E-state index contributed by atoms with van der Waals surface area (Å²) in [4.78, 5) is 0. The predicted octanol–water partition coefficient (Wildman–Crippen LogP) is 5.64. The molecule has 0 fully saturated rings. The summed E-state index contributed by atoms with van der Waals surface area (Å²) in [5.74, 6) is 0.912. The summed E-state index contributed by atoms with van der Waals surface area (Å²) >= 11 is 0. The van der Waals surface area contributed by atoms with Gasteiger partial charge in [-0.1, -0.05) is 56.8 Å². The van der Waals surface area contributed by atoms with Gasteiger partial charge in [0.25, 0.3) is 0 Å². The molecule has 0 amide bonds. The van der Waals surface area contributed by atoms with Crippen molar-refractivity contribution >= 4 is 17.9 Å². The first-order valence-electron chi connectivity index (χ1n) is 9.19. The predicted molar refractivity (Wildman–Crippen MR) is 114 cm³/mol. The summed E-state index contributed by atoms with van der Waals surface area (Å²) in [5.41, 5.74) is 0.0220. The van der Waals surface area contributed by atoms with Gasteiger partial charge >= 0.3 is 0 Å². The van der Waals surface area contributed by atoms with Crippen molar-refractivity contribution in [3.63, 3.8) is 0 Å². The van der Waals surface area contributed by atoms with Crippen LogP contribution in [0.2, 0.25) is 0 Å². The van der Waals surface area contributed by atoms with Crippen LogP contribution in [-0.4, -0.2) is 19.4 Å². The minimum atomic E-state index is -1.38. The van der Waals surface area contributed by atoms with Gasteiger partial charge in [0.15, 0.2) is 0 Å². The maximum Gasteiger partial charge on any atom is 0.0988 e. The Bertz CT molecular complexity index is 622. The van der Waals surface area contributed by atoms with Crippen LogP contribution >= 0.6 is 7.26 Å². The standard InChI is InChI=1S/C23H32OP/c1-6-24-20(2)23(3,4)18-13-19-25(5,21-14-9-7-10-15-21)22-16-11-8-12-17-22/h7-12,14-17H,2,6,13,18-19H2,1,3-5H3/q+1. The second kappa shape index (κ2) is 8.68. The molecule has 134 valence electrons. The lowest BCUT2D eigenvalue weighted by Crippen LogP contribution is -2.25. The van der Waals surface area contributed by atoms with Crippen molar-refractivity contribution in [2.75, 3.05) is 19.4 Å². The lowest BCUT2D eigenvalue weighted by Gasteiger charge is -2.29. The van der Waals surface area contributed by atoms with E-state index in [2.05, 4.69) is 87.8 Å². The molecule has 25 heavy (non-hydrogen) atoms. The Morgan fingerprint density at radius 1 is 0.960 bits per heavy atom. The van der Waals surface area contributed by atoms with Crippen LogP contribution in [0.1, 0.15) is 33.6 Å². The molecular formula is C23H32OP+. The van der Waals surface area contributed by atoms with Crippen LogP contribution in [0, 0.1) is 5.41 Å². The van der Waals surface area contributed by atoms with E-state index in [1.807, 2.05) is 6.92 Å². The zero-order chi connectivity index (χ0) is 18.3. The van der Waals surface area contributed by atoms with E-state index in [9.17, 15) is 0 Å². The van der Waals surface area contributed by atoms with Crippen molar-refractivity contribution < 1.29 is 4.74 Å². The molecule has 0 heterocycles. The van der Waals surface area contributed by atoms with Crippen molar-refractivity contribution in [2.45, 2.75) is 33.6 Å². The molecule has 1 nitrogen and oxygen atoms in total. The van der Waals surface area contributed by atoms with Gasteiger partial charge in [0, 0.05) is 5.41 Å². The number of allylic oxidation sites excluding steroid dienone is 1. The molecule has 0 saturated carbocycles. The number of hydrogen-bond acceptors (Lipinski definition) is 1. The topological polar surface area (TPSA) is 9.23 Å². The summed E-state index contributed by atoms with van der Waals surface area (Å²) < 4.78 is 5.67. The Morgan fingerprint density at radius 3 is 1.88 bits per heavy atom. The Hall–Kier alpha value is -1.59. The zero-order valence-corrected chi connectivity index (χ0v) is 17.1. The van der Waals surface area contributed by atoms with E-state index < -0.39 is 7.26 Å². The highest BCUT2D eigenvalue weighted by Crippen LogP contribution is 2.53. The molecule has 0 aromatic heterocycles. The van der Waals surface area contributed by atoms with Crippen molar-refractivity contribution in [2.24, 2.45) is 5.41 Å². The second-order valence-electron chi connectivity index (χ2n) is 7.43. The van der Waals surface area contributed by atoms with Crippen molar-refractivity contribution in [3.8, 4) is 0 Å². The molecule has 0 aliphatic carbocycles. The summed E-state index contributed by atoms with van der Waals surface area (Å²) in [6.07, 6.45) is 3.48. The van der Waals surface area contributed by atoms with Gasteiger partial charge in [-0.3, -0.25) is 0 Å². The van der Waals surface area contributed by atoms with E-state index in [0.29, 0.717) is 6.61 Å². The fourth-order valence-corrected chi connectivity index (χ4v) is 6.53. The molecule has 0 N–H and O–H groups in total. The maximum atomic E-state index is 5.67. The molecule has 0 unspecified atom stereocenters. The first-order chi connectivity index (χ1) is 11.9. The third kappa shape index (κ3) is 4.95. The number of benzene rings is 2. The second-order valence-corrected chi connectivity index (χ2v) is 11.3. The highest BCUT2D eigenvalue weighted by atomic mass is 31.2. The first-order valence-corrected chi connectivity index (χ1v) is 11.6. The Labute approximate surface area is 154 Å². The highest BCUT2D eigenvalue weighted by Gasteiger charge is 2.37. The van der Waals surface area contributed by atoms with Gasteiger partial charge in [-0.05, 0) is 44.0 Å². The van der Waals surface area contributed by atoms with Crippen LogP contribution in [-0.2, 0) is 4.74 Å². The molecule has 0 radical (unpaired) electrons. The SMILES string of the molecule is C=C(OCC)C(C)(C)CCC[P+](C)(c1ccccc1)c1ccccc1. The van der Waals surface area contributed by atoms with Crippen LogP contribution < -0.4 is 10.6 Å². The van der Waals surface area contributed by atoms with Gasteiger partial charge in [0.2, 0.25) is 0 Å². The molecule has 0 bridgehead atoms. The summed E-state index contributed by atoms with van der Waals surface area (Å²) in [6, 6.07) is 22.1. The van der Waals surface area contributed by atoms with Crippen LogP contribution in [0.25, 0.3) is 0 Å². The number of rotatable bonds is 9. The van der Waals surface area contributed by atoms with Gasteiger partial charge in [0.1, 0.15) is 0 Å². The Kier molecular flexibility index (Phi) is 6.85. The Morgan fingerprint density at radius 2 is 1.44 bits per heavy atom. The average molecular weight is 355 g/mol. The lowest BCUT2D eigenvalue weighted by atomic mass is 9.86. The zero-order valence-electron chi connectivity index (χ0n) is 16.2. The third-order valence-corrected chi connectivity index (χ3v) is 9.22. The smallest absolute Gasteiger partial charge is 0.0988 e. The number of hydrogen-bond donors (Lipinski definition) is 0. The van der Waals surface area contributed by atoms with Crippen LogP contribution in [0.15, 0.2) is 73.0 Å². The van der Waals surface area contributed by atoms with E-state index in [4.69, 9.17) is 4.74 Å². The van der Waals surface area contributed by atoms with Crippen molar-refractivity contribution in [3.05, 3.63) is 73.0 Å². The largest absolute Gasteiger partial charge is 0.498 e. The molecule has 0 saturated heterocycles. The minimum absolute atomic E-state index is 0.0220. The van der Waals surface area contributed by atoms with E-state index >= 15 is 0 Å². The summed E-state index contributed by atoms with van der Waals surface area (Å²) in [7, 11) is -1.38. The van der Waals surface area contributed by atoms with Crippen molar-refractivity contribution in [1.82, 2.24) is 0 Å². The molecule has 2 rings (SSSR count). The van der Waals surface area contributed by atoms with Crippen LogP contribution in [0.5, 0.6) is 0 Å². The highest BCUT2D eigenvalue weighted by molar-refractivity contribution is 7.88. The normalized spacial score (nSPS) is 12.0. The molecular weight excluding hydrogens is 323 g/mol. The first kappa shape index (κ1) is 19.7. The summed E-state index contributed by atoms with van der Waals surface area (Å²) in [5, 5.41) is 2.98.